The Balaban J connectivity index is 2.25. The summed E-state index contributed by atoms with van der Waals surface area (Å²) in [5.74, 6) is 0. The summed E-state index contributed by atoms with van der Waals surface area (Å²) in [5, 5.41) is 13.3. The van der Waals surface area contributed by atoms with Crippen molar-refractivity contribution in [2.24, 2.45) is 0 Å². The Morgan fingerprint density at radius 2 is 2.10 bits per heavy atom. The van der Waals surface area contributed by atoms with Crippen LogP contribution in [0.15, 0.2) is 34.5 Å². The van der Waals surface area contributed by atoms with Gasteiger partial charge in [0.15, 0.2) is 4.90 Å². The van der Waals surface area contributed by atoms with Crippen LogP contribution < -0.4 is 4.72 Å². The first-order chi connectivity index (χ1) is 9.40. The van der Waals surface area contributed by atoms with Crippen LogP contribution >= 0.6 is 11.3 Å². The Labute approximate surface area is 119 Å². The normalized spacial score (nSPS) is 11.4. The average Bonchev–Trinajstić information content (AvgIpc) is 2.82. The highest BCUT2D eigenvalue weighted by Gasteiger charge is 2.24. The summed E-state index contributed by atoms with van der Waals surface area (Å²) in [6, 6.07) is 5.21. The van der Waals surface area contributed by atoms with E-state index in [1.54, 1.807) is 12.3 Å². The molecule has 1 heterocycles. The van der Waals surface area contributed by atoms with Crippen molar-refractivity contribution < 1.29 is 13.3 Å². The lowest BCUT2D eigenvalue weighted by Crippen LogP contribution is -2.24. The van der Waals surface area contributed by atoms with Crippen molar-refractivity contribution in [1.82, 2.24) is 9.71 Å². The zero-order valence-corrected chi connectivity index (χ0v) is 12.1. The number of nitro groups is 1. The van der Waals surface area contributed by atoms with Crippen molar-refractivity contribution in [2.45, 2.75) is 18.4 Å². The van der Waals surface area contributed by atoms with Crippen molar-refractivity contribution in [3.8, 4) is 0 Å². The Morgan fingerprint density at radius 1 is 1.40 bits per heavy atom. The molecule has 0 aliphatic rings. The van der Waals surface area contributed by atoms with Crippen LogP contribution in [0.25, 0.3) is 0 Å². The summed E-state index contributed by atoms with van der Waals surface area (Å²) in [6.07, 6.45) is 0. The number of hydrogen-bond donors (Lipinski definition) is 1. The quantitative estimate of drug-likeness (QED) is 0.670. The van der Waals surface area contributed by atoms with Crippen molar-refractivity contribution in [1.29, 1.82) is 0 Å². The van der Waals surface area contributed by atoms with Gasteiger partial charge in [-0.2, -0.15) is 0 Å². The number of thiazole rings is 1. The summed E-state index contributed by atoms with van der Waals surface area (Å²) in [7, 11) is -3.95. The molecule has 0 saturated carbocycles. The number of hydrogen-bond acceptors (Lipinski definition) is 6. The van der Waals surface area contributed by atoms with Gasteiger partial charge >= 0.3 is 0 Å². The van der Waals surface area contributed by atoms with Gasteiger partial charge in [-0.15, -0.1) is 11.3 Å². The van der Waals surface area contributed by atoms with E-state index >= 15 is 0 Å². The van der Waals surface area contributed by atoms with Crippen LogP contribution in [0.5, 0.6) is 0 Å². The SMILES string of the molecule is Cc1csc(CNS(=O)(=O)c2ccccc2[N+](=O)[O-])n1. The molecule has 1 aromatic heterocycles. The molecular formula is C11H11N3O4S2. The third kappa shape index (κ3) is 3.18. The molecule has 0 saturated heterocycles. The number of aromatic nitrogens is 1. The first-order valence-corrected chi connectivity index (χ1v) is 7.90. The highest BCUT2D eigenvalue weighted by atomic mass is 32.2. The van der Waals surface area contributed by atoms with Crippen LogP contribution in [0, 0.1) is 17.0 Å². The third-order valence-electron chi connectivity index (χ3n) is 2.43. The lowest BCUT2D eigenvalue weighted by atomic mass is 10.3. The molecule has 0 aliphatic heterocycles. The van der Waals surface area contributed by atoms with E-state index in [0.29, 0.717) is 5.01 Å². The maximum atomic E-state index is 12.1. The Morgan fingerprint density at radius 3 is 2.70 bits per heavy atom. The van der Waals surface area contributed by atoms with Gasteiger partial charge < -0.3 is 0 Å². The Bertz CT molecular complexity index is 740. The van der Waals surface area contributed by atoms with E-state index in [-0.39, 0.29) is 11.4 Å². The maximum absolute atomic E-state index is 12.1. The predicted molar refractivity (Wildman–Crippen MR) is 74.0 cm³/mol. The zero-order valence-electron chi connectivity index (χ0n) is 10.4. The summed E-state index contributed by atoms with van der Waals surface area (Å²) in [6.45, 7) is 1.81. The fourth-order valence-corrected chi connectivity index (χ4v) is 3.51. The third-order valence-corrected chi connectivity index (χ3v) is 4.85. The average molecular weight is 313 g/mol. The second-order valence-electron chi connectivity index (χ2n) is 3.93. The van der Waals surface area contributed by atoms with E-state index < -0.39 is 20.6 Å². The topological polar surface area (TPSA) is 102 Å². The molecule has 0 spiro atoms. The molecular weight excluding hydrogens is 302 g/mol. The number of nitrogens with one attached hydrogen (secondary N) is 1. The van der Waals surface area contributed by atoms with Gasteiger partial charge in [-0.25, -0.2) is 18.1 Å². The predicted octanol–water partition coefficient (Wildman–Crippen LogP) is 1.84. The van der Waals surface area contributed by atoms with Crippen molar-refractivity contribution >= 4 is 27.0 Å². The van der Waals surface area contributed by atoms with Gasteiger partial charge in [0.2, 0.25) is 10.0 Å². The van der Waals surface area contributed by atoms with Crippen molar-refractivity contribution in [2.75, 3.05) is 0 Å². The standard InChI is InChI=1S/C11H11N3O4S2/c1-8-7-19-11(13-8)6-12-20(17,18)10-5-3-2-4-9(10)14(15)16/h2-5,7,12H,6H2,1H3. The Hall–Kier alpha value is -1.84. The first kappa shape index (κ1) is 14.6. The van der Waals surface area contributed by atoms with E-state index in [1.165, 1.54) is 29.5 Å². The van der Waals surface area contributed by atoms with E-state index in [4.69, 9.17) is 0 Å². The van der Waals surface area contributed by atoms with E-state index in [2.05, 4.69) is 9.71 Å². The number of aryl methyl sites for hydroxylation is 1. The van der Waals surface area contributed by atoms with Gasteiger partial charge in [0.1, 0.15) is 5.01 Å². The fourth-order valence-electron chi connectivity index (χ4n) is 1.55. The number of para-hydroxylation sites is 1. The molecule has 7 nitrogen and oxygen atoms in total. The van der Waals surface area contributed by atoms with Crippen molar-refractivity contribution in [3.63, 3.8) is 0 Å². The zero-order chi connectivity index (χ0) is 14.8. The van der Waals surface area contributed by atoms with Gasteiger partial charge in [0.25, 0.3) is 5.69 Å². The van der Waals surface area contributed by atoms with Gasteiger partial charge in [0.05, 0.1) is 11.5 Å². The van der Waals surface area contributed by atoms with Gasteiger partial charge in [0, 0.05) is 17.1 Å². The Kier molecular flexibility index (Phi) is 4.12. The van der Waals surface area contributed by atoms with Gasteiger partial charge in [-0.05, 0) is 13.0 Å². The number of sulfonamides is 1. The number of rotatable bonds is 5. The fraction of sp³-hybridized carbons (Fsp3) is 0.182. The molecule has 0 atom stereocenters. The van der Waals surface area contributed by atoms with E-state index in [9.17, 15) is 18.5 Å². The van der Waals surface area contributed by atoms with Crippen LogP contribution in [-0.2, 0) is 16.6 Å². The molecule has 9 heteroatoms. The summed E-state index contributed by atoms with van der Waals surface area (Å²) < 4.78 is 26.5. The monoisotopic (exact) mass is 313 g/mol. The van der Waals surface area contributed by atoms with Crippen LogP contribution in [0.1, 0.15) is 10.7 Å². The molecule has 0 amide bonds. The molecule has 0 unspecified atom stereocenters. The largest absolute Gasteiger partial charge is 0.289 e. The molecule has 0 fully saturated rings. The lowest BCUT2D eigenvalue weighted by molar-refractivity contribution is -0.387. The lowest BCUT2D eigenvalue weighted by Gasteiger charge is -2.05. The van der Waals surface area contributed by atoms with E-state index in [0.717, 1.165) is 11.8 Å². The molecule has 2 rings (SSSR count). The molecule has 106 valence electrons. The minimum Gasteiger partial charge on any atom is -0.258 e. The second-order valence-corrected chi connectivity index (χ2v) is 6.61. The van der Waals surface area contributed by atoms with Gasteiger partial charge in [-0.1, -0.05) is 12.1 Å². The van der Waals surface area contributed by atoms with Crippen LogP contribution in [0.3, 0.4) is 0 Å². The van der Waals surface area contributed by atoms with Gasteiger partial charge in [-0.3, -0.25) is 10.1 Å². The molecule has 0 bridgehead atoms. The van der Waals surface area contributed by atoms with Crippen LogP contribution in [0.4, 0.5) is 5.69 Å². The molecule has 20 heavy (non-hydrogen) atoms. The first-order valence-electron chi connectivity index (χ1n) is 5.54. The van der Waals surface area contributed by atoms with E-state index in [1.807, 2.05) is 0 Å². The maximum Gasteiger partial charge on any atom is 0.289 e. The molecule has 0 radical (unpaired) electrons. The summed E-state index contributed by atoms with van der Waals surface area (Å²) in [4.78, 5) is 13.9. The summed E-state index contributed by atoms with van der Waals surface area (Å²) >= 11 is 1.32. The molecule has 1 N–H and O–H groups in total. The number of nitrogens with zero attached hydrogens (tertiary/aromatic N) is 2. The molecule has 1 aromatic carbocycles. The molecule has 2 aromatic rings. The minimum atomic E-state index is -3.95. The highest BCUT2D eigenvalue weighted by Crippen LogP contribution is 2.23. The highest BCUT2D eigenvalue weighted by molar-refractivity contribution is 7.89. The van der Waals surface area contributed by atoms with Crippen molar-refractivity contribution in [3.05, 3.63) is 50.5 Å². The second kappa shape index (κ2) is 5.65. The number of benzene rings is 1. The minimum absolute atomic E-state index is 0.00683. The van der Waals surface area contributed by atoms with Crippen LogP contribution in [0.2, 0.25) is 0 Å². The summed E-state index contributed by atoms with van der Waals surface area (Å²) in [5.41, 5.74) is 0.352. The molecule has 0 aliphatic carbocycles. The van der Waals surface area contributed by atoms with Crippen LogP contribution in [-0.4, -0.2) is 18.3 Å². The smallest absolute Gasteiger partial charge is 0.258 e. The number of nitro benzene ring substituents is 1.